The highest BCUT2D eigenvalue weighted by Crippen LogP contribution is 2.49. The number of hydrogen-bond acceptors (Lipinski definition) is 13. The molecular weight excluding hydrogens is 1070 g/mol. The number of hydrogen-bond donors (Lipinski definition) is 8. The van der Waals surface area contributed by atoms with Crippen molar-refractivity contribution in [3.63, 3.8) is 0 Å². The van der Waals surface area contributed by atoms with Gasteiger partial charge < -0.3 is 71.1 Å². The van der Waals surface area contributed by atoms with Crippen LogP contribution in [0.1, 0.15) is 96.8 Å². The second kappa shape index (κ2) is 27.1. The molecule has 0 fully saturated rings. The van der Waals surface area contributed by atoms with E-state index in [9.17, 15) is 48.3 Å². The fourth-order valence-electron chi connectivity index (χ4n) is 9.44. The number of amides is 9. The molecule has 0 saturated carbocycles. The number of benzene rings is 4. The van der Waals surface area contributed by atoms with Crippen LogP contribution in [-0.2, 0) is 30.5 Å². The van der Waals surface area contributed by atoms with E-state index in [4.69, 9.17) is 20.3 Å². The summed E-state index contributed by atoms with van der Waals surface area (Å²) >= 11 is 0. The van der Waals surface area contributed by atoms with Crippen molar-refractivity contribution < 1.29 is 62.8 Å². The van der Waals surface area contributed by atoms with Gasteiger partial charge in [0.15, 0.2) is 0 Å². The van der Waals surface area contributed by atoms with Crippen LogP contribution in [0.4, 0.5) is 31.4 Å². The average Bonchev–Trinajstić information content (AvgIpc) is 3.70. The van der Waals surface area contributed by atoms with Gasteiger partial charge in [0.2, 0.25) is 17.7 Å². The molecule has 0 aliphatic carbocycles. The van der Waals surface area contributed by atoms with Crippen LogP contribution in [0.15, 0.2) is 97.3 Å². The number of nitrogens with zero attached hydrogens (tertiary/aromatic N) is 5. The predicted octanol–water partition coefficient (Wildman–Crippen LogP) is 6.73. The summed E-state index contributed by atoms with van der Waals surface area (Å²) in [6, 6.07) is 20.1. The molecule has 0 bridgehead atoms. The van der Waals surface area contributed by atoms with E-state index in [0.717, 1.165) is 16.5 Å². The van der Waals surface area contributed by atoms with Gasteiger partial charge in [0, 0.05) is 87.7 Å². The van der Waals surface area contributed by atoms with Crippen molar-refractivity contribution in [1.82, 2.24) is 35.1 Å². The number of imidazole rings is 1. The maximum absolute atomic E-state index is 14.6. The molecule has 2 aromatic heterocycles. The molecule has 1 aliphatic heterocycles. The smallest absolute Gasteiger partial charge is 0.415 e. The molecule has 3 heterocycles. The maximum atomic E-state index is 14.6. The molecule has 24 heteroatoms. The number of aryl methyl sites for hydroxylation is 1. The summed E-state index contributed by atoms with van der Waals surface area (Å²) in [5, 5.41) is 33.4. The van der Waals surface area contributed by atoms with Crippen molar-refractivity contribution in [1.29, 1.82) is 0 Å². The molecule has 1 aliphatic rings. The first-order valence-corrected chi connectivity index (χ1v) is 27.0. The molecule has 9 N–H and O–H groups in total. The summed E-state index contributed by atoms with van der Waals surface area (Å²) in [6.07, 6.45) is 1.43. The van der Waals surface area contributed by atoms with Crippen molar-refractivity contribution in [2.24, 2.45) is 17.6 Å². The standard InChI is InChI=1S/C59H69N11O13/c1-33(2)42-30-70(56(78)44-31-69-29-39(19-22-47(69)64-44)63-53(75)37-15-20-40(71)21-16-37)45-28-46(41-11-8-10-35(5)50(41)51(42)45)83-59(81)68(7)27-26-67(6)58(80)82-32-36-13-17-38(18-14-36)62-54(76)43(12-9-25-61-57(60)79)65-55(77)52(34(3)4)66-48(72)23-24-49(73)74/h8,10-11,13-22,28-29,31,33-34,42-43,52,71H,9,12,23-27,30,32H2,1-7H3,(H,62,76)(H,63,75)(H,65,77)(H,66,72)(H,73,74)(H3,60,61,79)/t42-,43-,52-/m0/s1. The lowest BCUT2D eigenvalue weighted by Crippen LogP contribution is -2.54. The van der Waals surface area contributed by atoms with Crippen LogP contribution in [0.5, 0.6) is 11.5 Å². The highest BCUT2D eigenvalue weighted by Gasteiger charge is 2.39. The number of carboxylic acids is 1. The third kappa shape index (κ3) is 15.6. The number of carboxylic acid groups (broad SMARTS) is 1. The van der Waals surface area contributed by atoms with E-state index >= 15 is 0 Å². The number of primary amides is 1. The molecule has 9 amide bonds. The zero-order valence-electron chi connectivity index (χ0n) is 47.2. The molecule has 24 nitrogen and oxygen atoms in total. The maximum Gasteiger partial charge on any atom is 0.415 e. The first kappa shape index (κ1) is 60.9. The van der Waals surface area contributed by atoms with Gasteiger partial charge in [0.05, 0.1) is 17.8 Å². The van der Waals surface area contributed by atoms with Gasteiger partial charge in [-0.1, -0.05) is 58.0 Å². The zero-order chi connectivity index (χ0) is 60.2. The number of nitrogens with two attached hydrogens (primary N) is 1. The first-order chi connectivity index (χ1) is 39.5. The number of phenolic OH excluding ortho intramolecular Hbond substituents is 1. The Balaban J connectivity index is 0.956. The Bertz CT molecular complexity index is 3420. The van der Waals surface area contributed by atoms with Crippen LogP contribution in [0.2, 0.25) is 0 Å². The number of nitrogens with one attached hydrogen (secondary N) is 5. The SMILES string of the molecule is Cc1cccc2c(OC(=O)N(C)CCN(C)C(=O)OCc3ccc(NC(=O)[C@H](CCCNC(N)=O)NC(=O)[C@@H](NC(=O)CCC(=O)O)C(C)C)cc3)cc3c(c12)[C@H](C(C)C)CN3C(=O)c1cn2cc(NC(=O)c3ccc(O)cc3)ccc2n1. The highest BCUT2D eigenvalue weighted by atomic mass is 16.6. The Hall–Kier alpha value is -9.74. The zero-order valence-corrected chi connectivity index (χ0v) is 47.2. The van der Waals surface area contributed by atoms with Crippen LogP contribution in [0.3, 0.4) is 0 Å². The van der Waals surface area contributed by atoms with E-state index in [2.05, 4.69) is 45.4 Å². The summed E-state index contributed by atoms with van der Waals surface area (Å²) in [5.41, 5.74) is 10.0. The lowest BCUT2D eigenvalue weighted by atomic mass is 9.85. The fourth-order valence-corrected chi connectivity index (χ4v) is 9.44. The summed E-state index contributed by atoms with van der Waals surface area (Å²) in [6.45, 7) is 9.96. The quantitative estimate of drug-likeness (QED) is 0.0309. The van der Waals surface area contributed by atoms with Crippen molar-refractivity contribution in [2.75, 3.05) is 55.8 Å². The number of aromatic nitrogens is 2. The molecule has 6 aromatic rings. The van der Waals surface area contributed by atoms with E-state index in [1.165, 1.54) is 48.2 Å². The van der Waals surface area contributed by atoms with Gasteiger partial charge in [-0.25, -0.2) is 19.4 Å². The number of urea groups is 1. The number of carbonyl (C=O) groups excluding carboxylic acids is 8. The van der Waals surface area contributed by atoms with Crippen LogP contribution < -0.4 is 42.0 Å². The minimum atomic E-state index is -1.17. The minimum Gasteiger partial charge on any atom is -0.508 e. The number of likely N-dealkylation sites (N-methyl/N-ethyl adjacent to an activating group) is 2. The molecule has 83 heavy (non-hydrogen) atoms. The molecule has 0 spiro atoms. The Labute approximate surface area is 478 Å². The van der Waals surface area contributed by atoms with Crippen molar-refractivity contribution in [3.05, 3.63) is 125 Å². The van der Waals surface area contributed by atoms with Gasteiger partial charge in [-0.15, -0.1) is 0 Å². The predicted molar refractivity (Wildman–Crippen MR) is 308 cm³/mol. The number of fused-ring (bicyclic) bond motifs is 4. The molecule has 0 saturated heterocycles. The van der Waals surface area contributed by atoms with Gasteiger partial charge in [0.1, 0.15) is 41.5 Å². The first-order valence-electron chi connectivity index (χ1n) is 27.0. The molecule has 4 aromatic carbocycles. The van der Waals surface area contributed by atoms with Crippen LogP contribution in [-0.4, -0.2) is 135 Å². The molecule has 3 atom stereocenters. The summed E-state index contributed by atoms with van der Waals surface area (Å²) < 4.78 is 13.3. The van der Waals surface area contributed by atoms with Gasteiger partial charge in [-0.2, -0.15) is 0 Å². The second-order valence-electron chi connectivity index (χ2n) is 21.0. The Kier molecular flexibility index (Phi) is 19.9. The number of carbonyl (C=O) groups is 9. The molecule has 438 valence electrons. The molecular formula is C59H69N11O13. The van der Waals surface area contributed by atoms with Gasteiger partial charge in [-0.3, -0.25) is 28.8 Å². The normalized spacial score (nSPS) is 13.4. The second-order valence-corrected chi connectivity index (χ2v) is 21.0. The number of rotatable bonds is 23. The molecule has 0 unspecified atom stereocenters. The lowest BCUT2D eigenvalue weighted by molar-refractivity contribution is -0.139. The molecule has 7 rings (SSSR count). The highest BCUT2D eigenvalue weighted by molar-refractivity contribution is 6.11. The van der Waals surface area contributed by atoms with Crippen molar-refractivity contribution in [2.45, 2.75) is 84.9 Å². The fraction of sp³-hybridized carbons (Fsp3) is 0.356. The number of aromatic hydroxyl groups is 1. The monoisotopic (exact) mass is 1140 g/mol. The number of phenols is 1. The summed E-state index contributed by atoms with van der Waals surface area (Å²) in [7, 11) is 3.05. The summed E-state index contributed by atoms with van der Waals surface area (Å²) in [5.74, 6) is -3.93. The van der Waals surface area contributed by atoms with Crippen LogP contribution in [0.25, 0.3) is 16.4 Å². The van der Waals surface area contributed by atoms with E-state index in [-0.39, 0.29) is 86.3 Å². The van der Waals surface area contributed by atoms with Crippen LogP contribution in [0, 0.1) is 18.8 Å². The van der Waals surface area contributed by atoms with E-state index in [1.54, 1.807) is 78.0 Å². The lowest BCUT2D eigenvalue weighted by Gasteiger charge is -2.25. The Morgan fingerprint density at radius 3 is 2.16 bits per heavy atom. The van der Waals surface area contributed by atoms with Crippen LogP contribution >= 0.6 is 0 Å². The third-order valence-corrected chi connectivity index (χ3v) is 14.1. The summed E-state index contributed by atoms with van der Waals surface area (Å²) in [4.78, 5) is 125. The van der Waals surface area contributed by atoms with E-state index < -0.39 is 66.3 Å². The number of aliphatic carboxylic acids is 1. The molecule has 0 radical (unpaired) electrons. The Morgan fingerprint density at radius 1 is 0.807 bits per heavy atom. The van der Waals surface area contributed by atoms with Gasteiger partial charge in [0.25, 0.3) is 11.8 Å². The van der Waals surface area contributed by atoms with Gasteiger partial charge in [-0.05, 0) is 102 Å². The Morgan fingerprint density at radius 2 is 1.49 bits per heavy atom. The average molecular weight is 1140 g/mol. The van der Waals surface area contributed by atoms with Gasteiger partial charge >= 0.3 is 24.2 Å². The number of anilines is 3. The topological polar surface area (TPSA) is 326 Å². The van der Waals surface area contributed by atoms with Crippen molar-refractivity contribution in [3.8, 4) is 11.5 Å². The third-order valence-electron chi connectivity index (χ3n) is 14.1. The largest absolute Gasteiger partial charge is 0.508 e. The minimum absolute atomic E-state index is 0.0370. The number of pyridine rings is 1. The van der Waals surface area contributed by atoms with Crippen molar-refractivity contribution >= 4 is 87.2 Å². The van der Waals surface area contributed by atoms with E-state index in [1.807, 2.05) is 25.1 Å². The van der Waals surface area contributed by atoms with E-state index in [0.29, 0.717) is 45.8 Å². The number of ether oxygens (including phenoxy) is 2.